The molecule has 7 heteroatoms. The number of ether oxygens (including phenoxy) is 1. The van der Waals surface area contributed by atoms with Crippen molar-refractivity contribution >= 4 is 31.6 Å². The summed E-state index contributed by atoms with van der Waals surface area (Å²) in [6, 6.07) is 11.3. The third-order valence-electron chi connectivity index (χ3n) is 2.30. The third kappa shape index (κ3) is 3.46. The maximum atomic E-state index is 11.5. The second-order valence-corrected chi connectivity index (χ2v) is 6.26. The van der Waals surface area contributed by atoms with Gasteiger partial charge in [0.05, 0.1) is 0 Å². The zero-order valence-electron chi connectivity index (χ0n) is 9.71. The van der Waals surface area contributed by atoms with E-state index in [9.17, 15) is 8.42 Å². The monoisotopic (exact) mass is 342 g/mol. The number of nitrogen functional groups attached to an aromatic ring is 1. The lowest BCUT2D eigenvalue weighted by molar-refractivity contribution is 0.467. The molecule has 0 aliphatic heterocycles. The summed E-state index contributed by atoms with van der Waals surface area (Å²) >= 11 is 3.30. The van der Waals surface area contributed by atoms with Gasteiger partial charge in [-0.1, -0.05) is 22.0 Å². The number of hydrogen-bond donors (Lipinski definition) is 2. The first-order valence-electron chi connectivity index (χ1n) is 5.22. The van der Waals surface area contributed by atoms with Crippen LogP contribution in [0.1, 0.15) is 0 Å². The second kappa shape index (κ2) is 5.20. The molecule has 0 heterocycles. The first-order valence-corrected chi connectivity index (χ1v) is 7.56. The number of nitrogens with two attached hydrogens (primary N) is 2. The summed E-state index contributed by atoms with van der Waals surface area (Å²) in [7, 11) is -3.90. The fourth-order valence-corrected chi connectivity index (χ4v) is 2.56. The van der Waals surface area contributed by atoms with E-state index in [1.165, 1.54) is 12.1 Å². The van der Waals surface area contributed by atoms with Crippen molar-refractivity contribution in [3.63, 3.8) is 0 Å². The number of rotatable bonds is 3. The molecular formula is C12H11BrN2O3S. The van der Waals surface area contributed by atoms with Crippen LogP contribution in [0.25, 0.3) is 0 Å². The molecule has 4 N–H and O–H groups in total. The van der Waals surface area contributed by atoms with Crippen molar-refractivity contribution < 1.29 is 13.2 Å². The average Bonchev–Trinajstić information content (AvgIpc) is 2.30. The summed E-state index contributed by atoms with van der Waals surface area (Å²) in [5, 5.41) is 5.14. The van der Waals surface area contributed by atoms with Crippen molar-refractivity contribution in [2.24, 2.45) is 5.14 Å². The van der Waals surface area contributed by atoms with Crippen molar-refractivity contribution in [2.75, 3.05) is 5.73 Å². The van der Waals surface area contributed by atoms with Crippen LogP contribution in [0.2, 0.25) is 0 Å². The van der Waals surface area contributed by atoms with E-state index >= 15 is 0 Å². The topological polar surface area (TPSA) is 95.4 Å². The minimum atomic E-state index is -3.90. The molecule has 0 saturated heterocycles. The Morgan fingerprint density at radius 3 is 2.47 bits per heavy atom. The number of anilines is 1. The maximum Gasteiger partial charge on any atom is 0.241 e. The predicted molar refractivity (Wildman–Crippen MR) is 76.4 cm³/mol. The lowest BCUT2D eigenvalue weighted by Gasteiger charge is -2.10. The summed E-state index contributed by atoms with van der Waals surface area (Å²) in [4.78, 5) is -0.146. The first kappa shape index (κ1) is 13.9. The van der Waals surface area contributed by atoms with E-state index in [4.69, 9.17) is 15.6 Å². The van der Waals surface area contributed by atoms with Gasteiger partial charge in [-0.15, -0.1) is 0 Å². The zero-order chi connectivity index (χ0) is 14.0. The quantitative estimate of drug-likeness (QED) is 0.837. The highest BCUT2D eigenvalue weighted by Crippen LogP contribution is 2.30. The highest BCUT2D eigenvalue weighted by Gasteiger charge is 2.16. The molecule has 0 amide bonds. The Morgan fingerprint density at radius 2 is 1.84 bits per heavy atom. The van der Waals surface area contributed by atoms with E-state index in [0.717, 1.165) is 4.47 Å². The number of halogens is 1. The van der Waals surface area contributed by atoms with Crippen LogP contribution < -0.4 is 15.6 Å². The molecule has 2 aromatic carbocycles. The fourth-order valence-electron chi connectivity index (χ4n) is 1.49. The molecule has 5 nitrogen and oxygen atoms in total. The van der Waals surface area contributed by atoms with Crippen molar-refractivity contribution in [1.82, 2.24) is 0 Å². The Hall–Kier alpha value is -1.57. The highest BCUT2D eigenvalue weighted by atomic mass is 79.9. The van der Waals surface area contributed by atoms with Crippen molar-refractivity contribution in [2.45, 2.75) is 4.90 Å². The van der Waals surface area contributed by atoms with Gasteiger partial charge in [-0.25, -0.2) is 13.6 Å². The lowest BCUT2D eigenvalue weighted by Crippen LogP contribution is -2.13. The van der Waals surface area contributed by atoms with Crippen molar-refractivity contribution in [3.05, 3.63) is 46.9 Å². The van der Waals surface area contributed by atoms with E-state index in [2.05, 4.69) is 15.9 Å². The Labute approximate surface area is 119 Å². The van der Waals surface area contributed by atoms with Gasteiger partial charge in [0.1, 0.15) is 16.4 Å². The number of benzene rings is 2. The van der Waals surface area contributed by atoms with E-state index in [1.807, 2.05) is 6.07 Å². The van der Waals surface area contributed by atoms with E-state index in [0.29, 0.717) is 11.4 Å². The van der Waals surface area contributed by atoms with Crippen LogP contribution in [0.3, 0.4) is 0 Å². The molecule has 0 radical (unpaired) electrons. The Balaban J connectivity index is 2.46. The normalized spacial score (nSPS) is 11.3. The molecule has 0 fully saturated rings. The van der Waals surface area contributed by atoms with Gasteiger partial charge < -0.3 is 10.5 Å². The molecule has 0 aliphatic rings. The van der Waals surface area contributed by atoms with Crippen LogP contribution in [0.5, 0.6) is 11.5 Å². The zero-order valence-corrected chi connectivity index (χ0v) is 12.1. The summed E-state index contributed by atoms with van der Waals surface area (Å²) in [5.41, 5.74) is 5.86. The summed E-state index contributed by atoms with van der Waals surface area (Å²) < 4.78 is 29.3. The van der Waals surface area contributed by atoms with Crippen LogP contribution in [-0.2, 0) is 10.0 Å². The summed E-state index contributed by atoms with van der Waals surface area (Å²) in [6.45, 7) is 0. The molecule has 100 valence electrons. The standard InChI is InChI=1S/C12H11BrN2O3S/c13-8-2-1-3-10(6-8)18-11-5-4-9(14)7-12(11)19(15,16)17/h1-7H,14H2,(H2,15,16,17). The fraction of sp³-hybridized carbons (Fsp3) is 0. The molecule has 2 aromatic rings. The maximum absolute atomic E-state index is 11.5. The number of primary sulfonamides is 1. The molecule has 0 unspecified atom stereocenters. The summed E-state index contributed by atoms with van der Waals surface area (Å²) in [6.07, 6.45) is 0. The molecule has 0 bridgehead atoms. The van der Waals surface area contributed by atoms with Crippen molar-refractivity contribution in [3.8, 4) is 11.5 Å². The molecule has 0 saturated carbocycles. The van der Waals surface area contributed by atoms with Gasteiger partial charge in [0.2, 0.25) is 10.0 Å². The second-order valence-electron chi connectivity index (χ2n) is 3.81. The molecule has 0 atom stereocenters. The van der Waals surface area contributed by atoms with Gasteiger partial charge in [-0.3, -0.25) is 0 Å². The van der Waals surface area contributed by atoms with Gasteiger partial charge in [0.25, 0.3) is 0 Å². The van der Waals surface area contributed by atoms with Crippen LogP contribution in [0, 0.1) is 0 Å². The molecular weight excluding hydrogens is 332 g/mol. The van der Waals surface area contributed by atoms with Crippen LogP contribution in [-0.4, -0.2) is 8.42 Å². The smallest absolute Gasteiger partial charge is 0.241 e. The van der Waals surface area contributed by atoms with Gasteiger partial charge in [-0.2, -0.15) is 0 Å². The molecule has 0 spiro atoms. The number of sulfonamides is 1. The summed E-state index contributed by atoms with van der Waals surface area (Å²) in [5.74, 6) is 0.624. The molecule has 19 heavy (non-hydrogen) atoms. The highest BCUT2D eigenvalue weighted by molar-refractivity contribution is 9.10. The molecule has 2 rings (SSSR count). The SMILES string of the molecule is Nc1ccc(Oc2cccc(Br)c2)c(S(N)(=O)=O)c1. The van der Waals surface area contributed by atoms with Crippen LogP contribution in [0.15, 0.2) is 51.8 Å². The van der Waals surface area contributed by atoms with Gasteiger partial charge in [0, 0.05) is 10.2 Å². The van der Waals surface area contributed by atoms with E-state index in [-0.39, 0.29) is 10.6 Å². The molecule has 0 aromatic heterocycles. The van der Waals surface area contributed by atoms with Crippen molar-refractivity contribution in [1.29, 1.82) is 0 Å². The number of hydrogen-bond acceptors (Lipinski definition) is 4. The minimum absolute atomic E-state index is 0.134. The molecule has 0 aliphatic carbocycles. The van der Waals surface area contributed by atoms with Crippen LogP contribution >= 0.6 is 15.9 Å². The largest absolute Gasteiger partial charge is 0.456 e. The van der Waals surface area contributed by atoms with E-state index in [1.54, 1.807) is 24.3 Å². The predicted octanol–water partition coefficient (Wildman–Crippen LogP) is 2.47. The third-order valence-corrected chi connectivity index (χ3v) is 3.72. The van der Waals surface area contributed by atoms with Gasteiger partial charge >= 0.3 is 0 Å². The first-order chi connectivity index (χ1) is 8.86. The Morgan fingerprint density at radius 1 is 1.11 bits per heavy atom. The van der Waals surface area contributed by atoms with Crippen LogP contribution in [0.4, 0.5) is 5.69 Å². The van der Waals surface area contributed by atoms with Gasteiger partial charge in [0.15, 0.2) is 0 Å². The average molecular weight is 343 g/mol. The van der Waals surface area contributed by atoms with E-state index < -0.39 is 10.0 Å². The Kier molecular flexibility index (Phi) is 3.79. The minimum Gasteiger partial charge on any atom is -0.456 e. The lowest BCUT2D eigenvalue weighted by atomic mass is 10.3. The van der Waals surface area contributed by atoms with Gasteiger partial charge in [-0.05, 0) is 36.4 Å². The Bertz CT molecular complexity index is 717.